The van der Waals surface area contributed by atoms with Gasteiger partial charge in [0.25, 0.3) is 0 Å². The summed E-state index contributed by atoms with van der Waals surface area (Å²) in [6.07, 6.45) is 0. The van der Waals surface area contributed by atoms with Gasteiger partial charge in [0.2, 0.25) is 0 Å². The molecule has 2 aromatic heterocycles. The average Bonchev–Trinajstić information content (AvgIpc) is 3.89. The third-order valence-corrected chi connectivity index (χ3v) is 13.7. The van der Waals surface area contributed by atoms with E-state index in [1.54, 1.807) is 11.3 Å². The number of fused-ring (bicyclic) bond motifs is 6. The number of hydrogen-bond donors (Lipinski definition) is 0. The number of nitrogens with zero attached hydrogens (tertiary/aromatic N) is 3. The third-order valence-electron chi connectivity index (χ3n) is 12.5. The highest BCUT2D eigenvalue weighted by molar-refractivity contribution is 7.26. The number of rotatable bonds is 7. The molecule has 0 aliphatic heterocycles. The van der Waals surface area contributed by atoms with Crippen LogP contribution in [0.2, 0.25) is 0 Å². The number of aromatic nitrogens is 3. The first-order chi connectivity index (χ1) is 30.7. The highest BCUT2D eigenvalue weighted by atomic mass is 32.1. The van der Waals surface area contributed by atoms with Gasteiger partial charge in [-0.15, -0.1) is 11.3 Å². The van der Waals surface area contributed by atoms with Gasteiger partial charge in [0, 0.05) is 36.9 Å². The minimum Gasteiger partial charge on any atom is -0.208 e. The van der Waals surface area contributed by atoms with Crippen molar-refractivity contribution in [3.05, 3.63) is 247 Å². The van der Waals surface area contributed by atoms with Crippen molar-refractivity contribution in [2.75, 3.05) is 0 Å². The van der Waals surface area contributed by atoms with Crippen molar-refractivity contribution in [1.82, 2.24) is 15.0 Å². The van der Waals surface area contributed by atoms with E-state index in [4.69, 9.17) is 15.0 Å². The highest BCUT2D eigenvalue weighted by Crippen LogP contribution is 2.56. The topological polar surface area (TPSA) is 38.7 Å². The fourth-order valence-electron chi connectivity index (χ4n) is 9.65. The van der Waals surface area contributed by atoms with Crippen LogP contribution in [0.3, 0.4) is 0 Å². The van der Waals surface area contributed by atoms with Gasteiger partial charge in [0.05, 0.1) is 5.41 Å². The van der Waals surface area contributed by atoms with Gasteiger partial charge in [-0.2, -0.15) is 0 Å². The Morgan fingerprint density at radius 2 is 0.823 bits per heavy atom. The molecule has 12 rings (SSSR count). The Morgan fingerprint density at radius 1 is 0.306 bits per heavy atom. The smallest absolute Gasteiger partial charge is 0.165 e. The summed E-state index contributed by atoms with van der Waals surface area (Å²) >= 11 is 1.79. The van der Waals surface area contributed by atoms with E-state index in [9.17, 15) is 0 Å². The molecule has 11 aromatic rings. The van der Waals surface area contributed by atoms with Crippen molar-refractivity contribution in [2.45, 2.75) is 5.41 Å². The molecule has 0 unspecified atom stereocenters. The number of hydrogen-bond acceptors (Lipinski definition) is 4. The highest BCUT2D eigenvalue weighted by Gasteiger charge is 2.46. The molecule has 0 saturated heterocycles. The molecule has 0 atom stereocenters. The first kappa shape index (κ1) is 36.1. The van der Waals surface area contributed by atoms with Crippen molar-refractivity contribution in [2.24, 2.45) is 0 Å². The molecule has 290 valence electrons. The van der Waals surface area contributed by atoms with Crippen LogP contribution in [-0.2, 0) is 5.41 Å². The predicted molar refractivity (Wildman–Crippen MR) is 257 cm³/mol. The van der Waals surface area contributed by atoms with Gasteiger partial charge < -0.3 is 0 Å². The Balaban J connectivity index is 1.01. The quantitative estimate of drug-likeness (QED) is 0.161. The zero-order valence-corrected chi connectivity index (χ0v) is 34.4. The average molecular weight is 808 g/mol. The van der Waals surface area contributed by atoms with E-state index in [-0.39, 0.29) is 0 Å². The second kappa shape index (κ2) is 14.7. The van der Waals surface area contributed by atoms with E-state index in [2.05, 4.69) is 218 Å². The van der Waals surface area contributed by atoms with Gasteiger partial charge in [-0.05, 0) is 73.8 Å². The fraction of sp³-hybridized carbons (Fsp3) is 0.0172. The molecule has 1 aliphatic rings. The Morgan fingerprint density at radius 3 is 1.56 bits per heavy atom. The van der Waals surface area contributed by atoms with Gasteiger partial charge in [-0.3, -0.25) is 0 Å². The lowest BCUT2D eigenvalue weighted by Crippen LogP contribution is -2.28. The van der Waals surface area contributed by atoms with Crippen molar-refractivity contribution in [1.29, 1.82) is 0 Å². The van der Waals surface area contributed by atoms with Crippen LogP contribution in [0.25, 0.3) is 87.7 Å². The molecule has 0 amide bonds. The van der Waals surface area contributed by atoms with E-state index >= 15 is 0 Å². The van der Waals surface area contributed by atoms with Crippen LogP contribution in [0.5, 0.6) is 0 Å². The summed E-state index contributed by atoms with van der Waals surface area (Å²) in [6, 6.07) is 80.5. The molecule has 0 saturated carbocycles. The molecular formula is C58H37N3S. The lowest BCUT2D eigenvalue weighted by Gasteiger charge is -2.34. The van der Waals surface area contributed by atoms with Crippen LogP contribution in [0, 0.1) is 0 Å². The summed E-state index contributed by atoms with van der Waals surface area (Å²) in [4.78, 5) is 15.8. The monoisotopic (exact) mass is 807 g/mol. The molecule has 0 radical (unpaired) electrons. The SMILES string of the molecule is c1ccc(-c2ccccc2-c2nc(-c3ccc(-c4ccc5c(c4)C(c4ccccc4)(c4ccccc4)c4ccccc4-5)cc3)nc(-c3cccc4c3sc3ccccc34)n2)cc1. The Labute approximate surface area is 364 Å². The zero-order valence-electron chi connectivity index (χ0n) is 33.6. The number of thiophene rings is 1. The molecular weight excluding hydrogens is 771 g/mol. The lowest BCUT2D eigenvalue weighted by atomic mass is 9.67. The van der Waals surface area contributed by atoms with Crippen molar-refractivity contribution < 1.29 is 0 Å². The summed E-state index contributed by atoms with van der Waals surface area (Å²) in [7, 11) is 0. The zero-order chi connectivity index (χ0) is 41.0. The van der Waals surface area contributed by atoms with Gasteiger partial charge >= 0.3 is 0 Å². The second-order valence-corrected chi connectivity index (χ2v) is 16.9. The largest absolute Gasteiger partial charge is 0.208 e. The molecule has 1 aliphatic carbocycles. The Bertz CT molecular complexity index is 3410. The van der Waals surface area contributed by atoms with Gasteiger partial charge in [0.15, 0.2) is 17.5 Å². The van der Waals surface area contributed by atoms with Crippen molar-refractivity contribution in [3.8, 4) is 67.5 Å². The summed E-state index contributed by atoms with van der Waals surface area (Å²) < 4.78 is 2.42. The van der Waals surface area contributed by atoms with Gasteiger partial charge in [0.1, 0.15) is 0 Å². The maximum absolute atomic E-state index is 5.27. The molecule has 0 bridgehead atoms. The van der Waals surface area contributed by atoms with Crippen LogP contribution in [0.4, 0.5) is 0 Å². The Kier molecular flexibility index (Phi) is 8.58. The number of benzene rings is 9. The summed E-state index contributed by atoms with van der Waals surface area (Å²) in [5.41, 5.74) is 14.6. The van der Waals surface area contributed by atoms with Gasteiger partial charge in [-0.1, -0.05) is 206 Å². The molecule has 9 aromatic carbocycles. The first-order valence-corrected chi connectivity index (χ1v) is 21.8. The van der Waals surface area contributed by atoms with E-state index in [1.807, 2.05) is 6.07 Å². The first-order valence-electron chi connectivity index (χ1n) is 21.0. The standard InChI is InChI=1S/C58H37N3S/c1-4-17-39(18-5-1)44-23-10-11-26-49(44)56-59-55(60-57(61-56)50-28-16-27-48-47-25-13-15-30-53(47)62-54(48)50)40-33-31-38(32-34-40)41-35-36-46-45-24-12-14-29-51(45)58(52(46)37-41,42-19-6-2-7-20-42)43-21-8-3-9-22-43/h1-37H. The molecule has 0 spiro atoms. The minimum absolute atomic E-state index is 0.463. The second-order valence-electron chi connectivity index (χ2n) is 15.9. The van der Waals surface area contributed by atoms with Crippen molar-refractivity contribution >= 4 is 31.5 Å². The summed E-state index contributed by atoms with van der Waals surface area (Å²) in [5, 5.41) is 2.45. The van der Waals surface area contributed by atoms with Crippen LogP contribution < -0.4 is 0 Å². The van der Waals surface area contributed by atoms with Crippen LogP contribution in [0.15, 0.2) is 224 Å². The molecule has 2 heterocycles. The third kappa shape index (κ3) is 5.76. The van der Waals surface area contributed by atoms with Crippen LogP contribution in [0.1, 0.15) is 22.3 Å². The minimum atomic E-state index is -0.463. The maximum atomic E-state index is 5.27. The summed E-state index contributed by atoms with van der Waals surface area (Å²) in [5.74, 6) is 1.93. The van der Waals surface area contributed by atoms with E-state index < -0.39 is 5.41 Å². The van der Waals surface area contributed by atoms with Crippen molar-refractivity contribution in [3.63, 3.8) is 0 Å². The van der Waals surface area contributed by atoms with E-state index in [0.29, 0.717) is 17.5 Å². The molecule has 62 heavy (non-hydrogen) atoms. The lowest BCUT2D eigenvalue weighted by molar-refractivity contribution is 0.769. The van der Waals surface area contributed by atoms with Crippen LogP contribution >= 0.6 is 11.3 Å². The predicted octanol–water partition coefficient (Wildman–Crippen LogP) is 14.9. The molecule has 0 N–H and O–H groups in total. The van der Waals surface area contributed by atoms with E-state index in [1.165, 1.54) is 53.6 Å². The van der Waals surface area contributed by atoms with Crippen LogP contribution in [-0.4, -0.2) is 15.0 Å². The molecule has 4 heteroatoms. The van der Waals surface area contributed by atoms with E-state index in [0.717, 1.165) is 38.9 Å². The normalized spacial score (nSPS) is 12.6. The molecule has 3 nitrogen and oxygen atoms in total. The fourth-order valence-corrected chi connectivity index (χ4v) is 10.9. The molecule has 0 fully saturated rings. The van der Waals surface area contributed by atoms with Gasteiger partial charge in [-0.25, -0.2) is 15.0 Å². The maximum Gasteiger partial charge on any atom is 0.165 e. The Hall–Kier alpha value is -7.79. The summed E-state index contributed by atoms with van der Waals surface area (Å²) in [6.45, 7) is 0.